The molecule has 0 aliphatic carbocycles. The van der Waals surface area contributed by atoms with Crippen LogP contribution in [-0.2, 0) is 5.41 Å². The molecule has 1 spiro atoms. The maximum Gasteiger partial charge on any atom is 0.150 e. The van der Waals surface area contributed by atoms with Crippen LogP contribution in [0.5, 0.6) is 11.5 Å². The first kappa shape index (κ1) is 17.7. The Labute approximate surface area is 179 Å². The summed E-state index contributed by atoms with van der Waals surface area (Å²) in [5.41, 5.74) is 11.5. The van der Waals surface area contributed by atoms with Gasteiger partial charge in [0.25, 0.3) is 0 Å². The van der Waals surface area contributed by atoms with Gasteiger partial charge in [0.15, 0.2) is 0 Å². The fraction of sp³-hybridized carbons (Fsp3) is 0.0800. The number of hydrogen-bond acceptors (Lipinski definition) is 6. The van der Waals surface area contributed by atoms with Gasteiger partial charge >= 0.3 is 0 Å². The highest BCUT2D eigenvalue weighted by Gasteiger charge is 2.45. The van der Waals surface area contributed by atoms with Crippen molar-refractivity contribution in [2.45, 2.75) is 5.41 Å². The molecule has 0 amide bonds. The van der Waals surface area contributed by atoms with Gasteiger partial charge in [0, 0.05) is 48.0 Å². The maximum atomic E-state index is 6.29. The number of benzene rings is 1. The smallest absolute Gasteiger partial charge is 0.150 e. The SMILES string of the molecule is NC1=CC2(CN1)c1cc(-c3cccnc3)ccc1Oc1ccc(-c3cccnc3)nc12. The molecule has 6 heteroatoms. The van der Waals surface area contributed by atoms with Crippen molar-refractivity contribution in [1.29, 1.82) is 0 Å². The van der Waals surface area contributed by atoms with Crippen molar-refractivity contribution < 1.29 is 4.74 Å². The highest BCUT2D eigenvalue weighted by Crippen LogP contribution is 2.50. The molecule has 2 aliphatic heterocycles. The van der Waals surface area contributed by atoms with Gasteiger partial charge in [-0.1, -0.05) is 12.1 Å². The first-order valence-corrected chi connectivity index (χ1v) is 10.1. The summed E-state index contributed by atoms with van der Waals surface area (Å²) in [6.45, 7) is 0.613. The van der Waals surface area contributed by atoms with Crippen LogP contribution in [0.15, 0.2) is 91.3 Å². The van der Waals surface area contributed by atoms with Crippen LogP contribution in [0.3, 0.4) is 0 Å². The van der Waals surface area contributed by atoms with Gasteiger partial charge in [0.05, 0.1) is 16.9 Å². The highest BCUT2D eigenvalue weighted by molar-refractivity contribution is 5.71. The van der Waals surface area contributed by atoms with Crippen LogP contribution >= 0.6 is 0 Å². The van der Waals surface area contributed by atoms with E-state index in [1.807, 2.05) is 48.8 Å². The molecule has 6 rings (SSSR count). The molecule has 31 heavy (non-hydrogen) atoms. The summed E-state index contributed by atoms with van der Waals surface area (Å²) in [5.74, 6) is 2.19. The summed E-state index contributed by atoms with van der Waals surface area (Å²) in [6, 6.07) is 18.1. The molecular weight excluding hydrogens is 386 g/mol. The molecule has 4 aromatic rings. The van der Waals surface area contributed by atoms with Gasteiger partial charge in [-0.15, -0.1) is 0 Å². The molecule has 0 saturated heterocycles. The van der Waals surface area contributed by atoms with E-state index in [1.165, 1.54) is 0 Å². The Morgan fingerprint density at radius 2 is 1.65 bits per heavy atom. The van der Waals surface area contributed by atoms with E-state index < -0.39 is 5.41 Å². The van der Waals surface area contributed by atoms with Crippen molar-refractivity contribution in [3.63, 3.8) is 0 Å². The first-order chi connectivity index (χ1) is 15.2. The molecule has 0 bridgehead atoms. The molecule has 5 heterocycles. The number of hydrogen-bond donors (Lipinski definition) is 2. The molecule has 3 aromatic heterocycles. The minimum absolute atomic E-state index is 0.524. The largest absolute Gasteiger partial charge is 0.455 e. The summed E-state index contributed by atoms with van der Waals surface area (Å²) < 4.78 is 6.29. The number of ether oxygens (including phenoxy) is 1. The number of pyridine rings is 3. The lowest BCUT2D eigenvalue weighted by atomic mass is 9.75. The second kappa shape index (κ2) is 6.67. The van der Waals surface area contributed by atoms with E-state index in [9.17, 15) is 0 Å². The summed E-state index contributed by atoms with van der Waals surface area (Å²) in [5, 5.41) is 3.30. The van der Waals surface area contributed by atoms with Crippen molar-refractivity contribution in [3.8, 4) is 33.9 Å². The first-order valence-electron chi connectivity index (χ1n) is 10.1. The monoisotopic (exact) mass is 405 g/mol. The summed E-state index contributed by atoms with van der Waals surface area (Å²) in [4.78, 5) is 13.5. The van der Waals surface area contributed by atoms with E-state index in [4.69, 9.17) is 15.5 Å². The molecule has 150 valence electrons. The number of rotatable bonds is 2. The molecule has 1 aromatic carbocycles. The predicted molar refractivity (Wildman–Crippen MR) is 118 cm³/mol. The molecule has 2 aliphatic rings. The van der Waals surface area contributed by atoms with Gasteiger partial charge in [0.1, 0.15) is 17.2 Å². The number of nitrogens with zero attached hydrogens (tertiary/aromatic N) is 3. The molecule has 3 N–H and O–H groups in total. The van der Waals surface area contributed by atoms with Crippen LogP contribution in [0, 0.1) is 0 Å². The van der Waals surface area contributed by atoms with Crippen molar-refractivity contribution in [2.75, 3.05) is 6.54 Å². The lowest BCUT2D eigenvalue weighted by Crippen LogP contribution is -2.35. The molecule has 1 unspecified atom stereocenters. The standard InChI is InChI=1S/C25H19N5O/c26-23-12-25(15-29-23)19-11-16(17-3-1-9-27-13-17)5-7-21(19)31-22-8-6-20(30-24(22)25)18-4-2-10-28-14-18/h1-14,29H,15,26H2. The van der Waals surface area contributed by atoms with Crippen LogP contribution in [-0.4, -0.2) is 21.5 Å². The highest BCUT2D eigenvalue weighted by atomic mass is 16.5. The van der Waals surface area contributed by atoms with Crippen molar-refractivity contribution >= 4 is 0 Å². The Bertz CT molecular complexity index is 1230. The molecule has 6 nitrogen and oxygen atoms in total. The number of aromatic nitrogens is 3. The van der Waals surface area contributed by atoms with Gasteiger partial charge in [0.2, 0.25) is 0 Å². The Hall–Kier alpha value is -4.19. The Kier molecular flexibility index (Phi) is 3.80. The summed E-state index contributed by atoms with van der Waals surface area (Å²) in [7, 11) is 0. The predicted octanol–water partition coefficient (Wildman–Crippen LogP) is 4.00. The molecular formula is C25H19N5O. The Morgan fingerprint density at radius 1 is 0.871 bits per heavy atom. The fourth-order valence-corrected chi connectivity index (χ4v) is 4.38. The van der Waals surface area contributed by atoms with E-state index in [1.54, 1.807) is 12.4 Å². The minimum Gasteiger partial charge on any atom is -0.455 e. The van der Waals surface area contributed by atoms with Gasteiger partial charge in [-0.05, 0) is 54.1 Å². The normalized spacial score (nSPS) is 18.5. The lowest BCUT2D eigenvalue weighted by molar-refractivity contribution is 0.417. The van der Waals surface area contributed by atoms with Crippen molar-refractivity contribution in [1.82, 2.24) is 20.3 Å². The average molecular weight is 405 g/mol. The van der Waals surface area contributed by atoms with Gasteiger partial charge in [-0.3, -0.25) is 9.97 Å². The fourth-order valence-electron chi connectivity index (χ4n) is 4.38. The van der Waals surface area contributed by atoms with Gasteiger partial charge in [-0.2, -0.15) is 0 Å². The summed E-state index contributed by atoms with van der Waals surface area (Å²) in [6.07, 6.45) is 9.27. The van der Waals surface area contributed by atoms with Crippen molar-refractivity contribution in [3.05, 3.63) is 103 Å². The number of nitrogens with two attached hydrogens (primary N) is 1. The zero-order valence-electron chi connectivity index (χ0n) is 16.6. The quantitative estimate of drug-likeness (QED) is 0.524. The van der Waals surface area contributed by atoms with E-state index in [-0.39, 0.29) is 0 Å². The Balaban J connectivity index is 1.56. The number of fused-ring (bicyclic) bond motifs is 4. The van der Waals surface area contributed by atoms with Gasteiger partial charge < -0.3 is 15.8 Å². The van der Waals surface area contributed by atoms with E-state index in [2.05, 4.69) is 39.6 Å². The second-order valence-electron chi connectivity index (χ2n) is 7.76. The molecule has 0 fully saturated rings. The van der Waals surface area contributed by atoms with Crippen LogP contribution in [0.4, 0.5) is 0 Å². The van der Waals surface area contributed by atoms with E-state index in [0.717, 1.165) is 45.1 Å². The summed E-state index contributed by atoms with van der Waals surface area (Å²) >= 11 is 0. The molecule has 0 radical (unpaired) electrons. The third-order valence-corrected chi connectivity index (χ3v) is 5.89. The third-order valence-electron chi connectivity index (χ3n) is 5.89. The number of nitrogens with one attached hydrogen (secondary N) is 1. The van der Waals surface area contributed by atoms with E-state index >= 15 is 0 Å². The van der Waals surface area contributed by atoms with Crippen LogP contribution in [0.25, 0.3) is 22.4 Å². The topological polar surface area (TPSA) is 86.0 Å². The Morgan fingerprint density at radius 3 is 2.35 bits per heavy atom. The molecule has 0 saturated carbocycles. The lowest BCUT2D eigenvalue weighted by Gasteiger charge is -2.35. The second-order valence-corrected chi connectivity index (χ2v) is 7.76. The van der Waals surface area contributed by atoms with Crippen molar-refractivity contribution in [2.24, 2.45) is 5.73 Å². The average Bonchev–Trinajstić information content (AvgIpc) is 3.22. The van der Waals surface area contributed by atoms with Gasteiger partial charge in [-0.25, -0.2) is 4.98 Å². The third kappa shape index (κ3) is 2.76. The maximum absolute atomic E-state index is 6.29. The van der Waals surface area contributed by atoms with E-state index in [0.29, 0.717) is 12.4 Å². The molecule has 1 atom stereocenters. The van der Waals surface area contributed by atoms with Crippen LogP contribution in [0.2, 0.25) is 0 Å². The zero-order valence-corrected chi connectivity index (χ0v) is 16.6. The minimum atomic E-state index is -0.524. The van der Waals surface area contributed by atoms with Crippen LogP contribution < -0.4 is 15.8 Å². The zero-order chi connectivity index (χ0) is 20.8. The van der Waals surface area contributed by atoms with Crippen LogP contribution in [0.1, 0.15) is 11.3 Å².